The second kappa shape index (κ2) is 5.57. The van der Waals surface area contributed by atoms with Gasteiger partial charge in [-0.3, -0.25) is 4.79 Å². The molecule has 19 heavy (non-hydrogen) atoms. The summed E-state index contributed by atoms with van der Waals surface area (Å²) in [6.07, 6.45) is 0. The molecule has 2 aromatic carbocycles. The van der Waals surface area contributed by atoms with Gasteiger partial charge in [0, 0.05) is 11.1 Å². The van der Waals surface area contributed by atoms with Gasteiger partial charge in [0.15, 0.2) is 5.78 Å². The van der Waals surface area contributed by atoms with Crippen molar-refractivity contribution >= 4 is 5.78 Å². The van der Waals surface area contributed by atoms with Gasteiger partial charge in [-0.2, -0.15) is 0 Å². The van der Waals surface area contributed by atoms with Crippen LogP contribution in [0.2, 0.25) is 0 Å². The molecule has 3 nitrogen and oxygen atoms in total. The van der Waals surface area contributed by atoms with E-state index in [1.807, 2.05) is 19.1 Å². The number of methoxy groups -OCH3 is 2. The summed E-state index contributed by atoms with van der Waals surface area (Å²) in [5, 5.41) is 0. The van der Waals surface area contributed by atoms with Gasteiger partial charge in [-0.15, -0.1) is 0 Å². The number of ether oxygens (including phenoxy) is 2. The molecule has 0 heterocycles. The summed E-state index contributed by atoms with van der Waals surface area (Å²) in [7, 11) is 3.19. The van der Waals surface area contributed by atoms with E-state index in [-0.39, 0.29) is 5.78 Å². The molecule has 0 spiro atoms. The van der Waals surface area contributed by atoms with Gasteiger partial charge in [0.2, 0.25) is 0 Å². The van der Waals surface area contributed by atoms with Gasteiger partial charge in [0.1, 0.15) is 11.5 Å². The highest BCUT2D eigenvalue weighted by Crippen LogP contribution is 2.20. The Labute approximate surface area is 112 Å². The van der Waals surface area contributed by atoms with Crippen molar-refractivity contribution < 1.29 is 14.3 Å². The minimum atomic E-state index is -0.0235. The van der Waals surface area contributed by atoms with Crippen molar-refractivity contribution in [2.75, 3.05) is 14.2 Å². The van der Waals surface area contributed by atoms with Crippen LogP contribution in [-0.2, 0) is 0 Å². The first-order valence-corrected chi connectivity index (χ1v) is 5.98. The number of carbonyl (C=O) groups excluding carboxylic acids is 1. The smallest absolute Gasteiger partial charge is 0.193 e. The Morgan fingerprint density at radius 2 is 1.47 bits per heavy atom. The molecule has 2 aromatic rings. The Bertz CT molecular complexity index is 585. The topological polar surface area (TPSA) is 35.5 Å². The molecule has 0 saturated carbocycles. The van der Waals surface area contributed by atoms with Gasteiger partial charge in [0.25, 0.3) is 0 Å². The third-order valence-electron chi connectivity index (χ3n) is 2.90. The van der Waals surface area contributed by atoms with Crippen molar-refractivity contribution in [1.82, 2.24) is 0 Å². The van der Waals surface area contributed by atoms with Crippen molar-refractivity contribution in [1.29, 1.82) is 0 Å². The Balaban J connectivity index is 2.34. The van der Waals surface area contributed by atoms with E-state index >= 15 is 0 Å². The second-order valence-corrected chi connectivity index (χ2v) is 4.30. The normalized spacial score (nSPS) is 10.1. The molecule has 0 atom stereocenters. The monoisotopic (exact) mass is 256 g/mol. The maximum atomic E-state index is 12.4. The molecule has 0 radical (unpaired) electrons. The largest absolute Gasteiger partial charge is 0.497 e. The first-order valence-electron chi connectivity index (χ1n) is 5.98. The minimum Gasteiger partial charge on any atom is -0.497 e. The lowest BCUT2D eigenvalue weighted by atomic mass is 10.0. The van der Waals surface area contributed by atoms with Crippen LogP contribution >= 0.6 is 0 Å². The van der Waals surface area contributed by atoms with Crippen molar-refractivity contribution in [3.63, 3.8) is 0 Å². The third kappa shape index (κ3) is 2.94. The SMILES string of the molecule is COc1ccc(C(=O)c2cc(C)cc(OC)c2)cc1. The van der Waals surface area contributed by atoms with Gasteiger partial charge in [-0.25, -0.2) is 0 Å². The highest BCUT2D eigenvalue weighted by Gasteiger charge is 2.11. The molecule has 0 aliphatic heterocycles. The molecule has 0 bridgehead atoms. The number of rotatable bonds is 4. The van der Waals surface area contributed by atoms with E-state index in [9.17, 15) is 4.79 Å². The maximum absolute atomic E-state index is 12.4. The fraction of sp³-hybridized carbons (Fsp3) is 0.188. The van der Waals surface area contributed by atoms with E-state index in [4.69, 9.17) is 9.47 Å². The van der Waals surface area contributed by atoms with Crippen LogP contribution < -0.4 is 9.47 Å². The Hall–Kier alpha value is -2.29. The van der Waals surface area contributed by atoms with E-state index in [0.29, 0.717) is 16.9 Å². The molecular weight excluding hydrogens is 240 g/mol. The second-order valence-electron chi connectivity index (χ2n) is 4.30. The van der Waals surface area contributed by atoms with Gasteiger partial charge >= 0.3 is 0 Å². The summed E-state index contributed by atoms with van der Waals surface area (Å²) in [6.45, 7) is 1.94. The number of carbonyl (C=O) groups is 1. The lowest BCUT2D eigenvalue weighted by molar-refractivity contribution is 0.103. The highest BCUT2D eigenvalue weighted by atomic mass is 16.5. The van der Waals surface area contributed by atoms with Crippen LogP contribution in [0.25, 0.3) is 0 Å². The first-order chi connectivity index (χ1) is 9.13. The molecule has 0 N–H and O–H groups in total. The predicted molar refractivity (Wildman–Crippen MR) is 74.2 cm³/mol. The number of hydrogen-bond acceptors (Lipinski definition) is 3. The van der Waals surface area contributed by atoms with Gasteiger partial charge in [0.05, 0.1) is 14.2 Å². The summed E-state index contributed by atoms with van der Waals surface area (Å²) in [5.41, 5.74) is 2.26. The third-order valence-corrected chi connectivity index (χ3v) is 2.90. The highest BCUT2D eigenvalue weighted by molar-refractivity contribution is 6.09. The van der Waals surface area contributed by atoms with Gasteiger partial charge in [-0.1, -0.05) is 0 Å². The fourth-order valence-corrected chi connectivity index (χ4v) is 1.91. The standard InChI is InChI=1S/C16H16O3/c1-11-8-13(10-15(9-11)19-3)16(17)12-4-6-14(18-2)7-5-12/h4-10H,1-3H3. The van der Waals surface area contributed by atoms with E-state index in [1.165, 1.54) is 0 Å². The van der Waals surface area contributed by atoms with Crippen molar-refractivity contribution in [2.24, 2.45) is 0 Å². The predicted octanol–water partition coefficient (Wildman–Crippen LogP) is 3.24. The van der Waals surface area contributed by atoms with E-state index < -0.39 is 0 Å². The minimum absolute atomic E-state index is 0.0235. The summed E-state index contributed by atoms with van der Waals surface area (Å²) >= 11 is 0. The zero-order valence-electron chi connectivity index (χ0n) is 11.3. The summed E-state index contributed by atoms with van der Waals surface area (Å²) < 4.78 is 10.3. The first kappa shape index (κ1) is 13.1. The maximum Gasteiger partial charge on any atom is 0.193 e. The summed E-state index contributed by atoms with van der Waals surface area (Å²) in [4.78, 5) is 12.4. The molecule has 0 fully saturated rings. The molecule has 0 aromatic heterocycles. The number of aryl methyl sites for hydroxylation is 1. The van der Waals surface area contributed by atoms with E-state index in [1.54, 1.807) is 44.6 Å². The lowest BCUT2D eigenvalue weighted by Gasteiger charge is -2.07. The van der Waals surface area contributed by atoms with Crippen LogP contribution in [-0.4, -0.2) is 20.0 Å². The fourth-order valence-electron chi connectivity index (χ4n) is 1.91. The molecular formula is C16H16O3. The number of hydrogen-bond donors (Lipinski definition) is 0. The Morgan fingerprint density at radius 1 is 0.842 bits per heavy atom. The number of ketones is 1. The zero-order chi connectivity index (χ0) is 13.8. The molecule has 0 unspecified atom stereocenters. The molecule has 0 amide bonds. The molecule has 0 aliphatic carbocycles. The van der Waals surface area contributed by atoms with Crippen LogP contribution in [0.15, 0.2) is 42.5 Å². The molecule has 0 aliphatic rings. The summed E-state index contributed by atoms with van der Waals surface area (Å²) in [5.74, 6) is 1.40. The molecule has 3 heteroatoms. The summed E-state index contributed by atoms with van der Waals surface area (Å²) in [6, 6.07) is 12.6. The van der Waals surface area contributed by atoms with Crippen molar-refractivity contribution in [3.8, 4) is 11.5 Å². The molecule has 98 valence electrons. The van der Waals surface area contributed by atoms with Crippen LogP contribution in [0.5, 0.6) is 11.5 Å². The lowest BCUT2D eigenvalue weighted by Crippen LogP contribution is -2.02. The Morgan fingerprint density at radius 3 is 2.05 bits per heavy atom. The quantitative estimate of drug-likeness (QED) is 0.788. The molecule has 2 rings (SSSR count). The Kier molecular flexibility index (Phi) is 3.85. The van der Waals surface area contributed by atoms with Crippen LogP contribution in [0.3, 0.4) is 0 Å². The number of benzene rings is 2. The van der Waals surface area contributed by atoms with Crippen molar-refractivity contribution in [2.45, 2.75) is 6.92 Å². The average molecular weight is 256 g/mol. The van der Waals surface area contributed by atoms with E-state index in [0.717, 1.165) is 11.3 Å². The molecule has 0 saturated heterocycles. The van der Waals surface area contributed by atoms with Gasteiger partial charge < -0.3 is 9.47 Å². The van der Waals surface area contributed by atoms with Gasteiger partial charge in [-0.05, 0) is 55.0 Å². The van der Waals surface area contributed by atoms with Crippen molar-refractivity contribution in [3.05, 3.63) is 59.2 Å². The van der Waals surface area contributed by atoms with Crippen LogP contribution in [0.1, 0.15) is 21.5 Å². The van der Waals surface area contributed by atoms with Crippen LogP contribution in [0, 0.1) is 6.92 Å². The zero-order valence-corrected chi connectivity index (χ0v) is 11.3. The van der Waals surface area contributed by atoms with E-state index in [2.05, 4.69) is 0 Å². The average Bonchev–Trinajstić information content (AvgIpc) is 2.46. The van der Waals surface area contributed by atoms with Crippen LogP contribution in [0.4, 0.5) is 0 Å².